The van der Waals surface area contributed by atoms with Gasteiger partial charge in [0.1, 0.15) is 0 Å². The van der Waals surface area contributed by atoms with Crippen molar-refractivity contribution in [2.75, 3.05) is 7.11 Å². The maximum atomic E-state index is 9.42. The van der Waals surface area contributed by atoms with E-state index < -0.39 is 11.2 Å². The van der Waals surface area contributed by atoms with Crippen molar-refractivity contribution in [1.82, 2.24) is 0 Å². The Morgan fingerprint density at radius 1 is 1.00 bits per heavy atom. The van der Waals surface area contributed by atoms with Crippen molar-refractivity contribution in [3.05, 3.63) is 11.1 Å². The summed E-state index contributed by atoms with van der Waals surface area (Å²) in [6, 6.07) is 0. The molecule has 0 aromatic rings. The molecule has 0 aromatic heterocycles. The summed E-state index contributed by atoms with van der Waals surface area (Å²) in [4.78, 5) is 0. The number of aliphatic hydroxyl groups is 1. The lowest BCUT2D eigenvalue weighted by molar-refractivity contribution is -0.129. The van der Waals surface area contributed by atoms with Crippen LogP contribution < -0.4 is 0 Å². The zero-order valence-corrected chi connectivity index (χ0v) is 12.9. The summed E-state index contributed by atoms with van der Waals surface area (Å²) in [7, 11) is 1.60. The predicted molar refractivity (Wildman–Crippen MR) is 74.8 cm³/mol. The first-order valence-corrected chi connectivity index (χ1v) is 5.84. The molecule has 0 saturated heterocycles. The molecule has 0 unspecified atom stereocenters. The number of methoxy groups -OCH3 is 1. The molecule has 0 aliphatic carbocycles. The normalized spacial score (nSPS) is 11.4. The lowest BCUT2D eigenvalue weighted by atomic mass is 9.90. The highest BCUT2D eigenvalue weighted by Gasteiger charge is 2.34. The number of ether oxygens (including phenoxy) is 1. The van der Waals surface area contributed by atoms with E-state index in [4.69, 9.17) is 10.1 Å². The standard InChI is InChI=1S/C7H13N.C7H16O2/c1-5(2)6(3)7(4)8;1-6(2,8)7(3,4)9-5/h8H,1-4H3;8H,1-5H3. The molecule has 0 heterocycles. The minimum Gasteiger partial charge on any atom is -0.387 e. The van der Waals surface area contributed by atoms with Crippen molar-refractivity contribution in [1.29, 1.82) is 5.41 Å². The second-order valence-electron chi connectivity index (χ2n) is 5.52. The molecule has 0 spiro atoms. The average Bonchev–Trinajstić information content (AvgIpc) is 2.15. The summed E-state index contributed by atoms with van der Waals surface area (Å²) in [5.74, 6) is 0. The first kappa shape index (κ1) is 18.7. The van der Waals surface area contributed by atoms with Crippen LogP contribution in [0, 0.1) is 5.41 Å². The van der Waals surface area contributed by atoms with Gasteiger partial charge in [-0.05, 0) is 61.0 Å². The van der Waals surface area contributed by atoms with Crippen molar-refractivity contribution >= 4 is 5.71 Å². The number of hydrogen-bond donors (Lipinski definition) is 2. The van der Waals surface area contributed by atoms with Crippen LogP contribution in [-0.4, -0.2) is 29.1 Å². The molecule has 0 aliphatic heterocycles. The van der Waals surface area contributed by atoms with Crippen LogP contribution in [0.25, 0.3) is 0 Å². The van der Waals surface area contributed by atoms with Crippen molar-refractivity contribution in [2.45, 2.75) is 66.6 Å². The van der Waals surface area contributed by atoms with Gasteiger partial charge in [-0.3, -0.25) is 0 Å². The molecule has 3 heteroatoms. The molecule has 0 radical (unpaired) electrons. The number of nitrogens with one attached hydrogen (secondary N) is 1. The second kappa shape index (κ2) is 6.92. The minimum atomic E-state index is -0.776. The second-order valence-corrected chi connectivity index (χ2v) is 5.52. The summed E-state index contributed by atoms with van der Waals surface area (Å²) in [6.07, 6.45) is 0. The van der Waals surface area contributed by atoms with E-state index in [1.807, 2.05) is 41.5 Å². The fourth-order valence-corrected chi connectivity index (χ4v) is 0.625. The van der Waals surface area contributed by atoms with Crippen LogP contribution in [0.1, 0.15) is 55.4 Å². The predicted octanol–water partition coefficient (Wildman–Crippen LogP) is 3.56. The van der Waals surface area contributed by atoms with Crippen molar-refractivity contribution in [3.8, 4) is 0 Å². The van der Waals surface area contributed by atoms with Gasteiger partial charge in [-0.25, -0.2) is 0 Å². The monoisotopic (exact) mass is 243 g/mol. The number of rotatable bonds is 3. The Morgan fingerprint density at radius 2 is 1.35 bits per heavy atom. The molecule has 2 N–H and O–H groups in total. The lowest BCUT2D eigenvalue weighted by Crippen LogP contribution is -2.46. The van der Waals surface area contributed by atoms with Gasteiger partial charge in [0.15, 0.2) is 0 Å². The highest BCUT2D eigenvalue weighted by atomic mass is 16.5. The van der Waals surface area contributed by atoms with Crippen LogP contribution >= 0.6 is 0 Å². The highest BCUT2D eigenvalue weighted by molar-refractivity contribution is 5.95. The molecule has 0 fully saturated rings. The molecule has 0 aliphatic rings. The van der Waals surface area contributed by atoms with Gasteiger partial charge in [0.25, 0.3) is 0 Å². The molecule has 17 heavy (non-hydrogen) atoms. The highest BCUT2D eigenvalue weighted by Crippen LogP contribution is 2.23. The molecule has 0 saturated carbocycles. The largest absolute Gasteiger partial charge is 0.387 e. The first-order chi connectivity index (χ1) is 7.36. The van der Waals surface area contributed by atoms with E-state index in [0.29, 0.717) is 5.71 Å². The smallest absolute Gasteiger partial charge is 0.0902 e. The minimum absolute atomic E-state index is 0.465. The van der Waals surface area contributed by atoms with Gasteiger partial charge in [-0.2, -0.15) is 0 Å². The Balaban J connectivity index is 0. The zero-order valence-electron chi connectivity index (χ0n) is 12.9. The first-order valence-electron chi connectivity index (χ1n) is 5.84. The van der Waals surface area contributed by atoms with Gasteiger partial charge >= 0.3 is 0 Å². The molecule has 0 rings (SSSR count). The number of hydrogen-bond acceptors (Lipinski definition) is 3. The van der Waals surface area contributed by atoms with E-state index >= 15 is 0 Å². The van der Waals surface area contributed by atoms with Gasteiger partial charge in [-0.1, -0.05) is 5.57 Å². The SMILES string of the molecule is CC(=N)C(C)=C(C)C.COC(C)(C)C(C)(C)O. The third-order valence-corrected chi connectivity index (χ3v) is 3.30. The van der Waals surface area contributed by atoms with Crippen LogP contribution in [0.4, 0.5) is 0 Å². The Morgan fingerprint density at radius 3 is 1.35 bits per heavy atom. The Bertz CT molecular complexity index is 279. The van der Waals surface area contributed by atoms with E-state index in [0.717, 1.165) is 5.57 Å². The molecule has 0 amide bonds. The number of allylic oxidation sites excluding steroid dienone is 2. The zero-order chi connectivity index (χ0) is 14.4. The average molecular weight is 243 g/mol. The van der Waals surface area contributed by atoms with Crippen LogP contribution in [0.2, 0.25) is 0 Å². The molecule has 0 aromatic carbocycles. The van der Waals surface area contributed by atoms with Crippen molar-refractivity contribution < 1.29 is 9.84 Å². The fourth-order valence-electron chi connectivity index (χ4n) is 0.625. The van der Waals surface area contributed by atoms with Gasteiger partial charge < -0.3 is 15.3 Å². The Kier molecular flexibility index (Phi) is 7.61. The quantitative estimate of drug-likeness (QED) is 0.745. The Labute approximate surface area is 106 Å². The van der Waals surface area contributed by atoms with Crippen LogP contribution in [-0.2, 0) is 4.74 Å². The van der Waals surface area contributed by atoms with Crippen molar-refractivity contribution in [3.63, 3.8) is 0 Å². The van der Waals surface area contributed by atoms with Crippen LogP contribution in [0.15, 0.2) is 11.1 Å². The van der Waals surface area contributed by atoms with E-state index in [2.05, 4.69) is 0 Å². The molecular formula is C14H29NO2. The summed E-state index contributed by atoms with van der Waals surface area (Å²) >= 11 is 0. The van der Waals surface area contributed by atoms with E-state index in [1.165, 1.54) is 5.57 Å². The fraction of sp³-hybridized carbons (Fsp3) is 0.786. The third kappa shape index (κ3) is 7.29. The van der Waals surface area contributed by atoms with Crippen LogP contribution in [0.3, 0.4) is 0 Å². The summed E-state index contributed by atoms with van der Waals surface area (Å²) in [5, 5.41) is 16.6. The van der Waals surface area contributed by atoms with E-state index in [-0.39, 0.29) is 0 Å². The maximum Gasteiger partial charge on any atom is 0.0902 e. The molecule has 102 valence electrons. The maximum absolute atomic E-state index is 9.42. The van der Waals surface area contributed by atoms with E-state index in [1.54, 1.807) is 21.0 Å². The van der Waals surface area contributed by atoms with Gasteiger partial charge in [0, 0.05) is 12.8 Å². The van der Waals surface area contributed by atoms with Gasteiger partial charge in [0.05, 0.1) is 11.2 Å². The molecular weight excluding hydrogens is 214 g/mol. The Hall–Kier alpha value is -0.670. The van der Waals surface area contributed by atoms with Gasteiger partial charge in [0.2, 0.25) is 0 Å². The van der Waals surface area contributed by atoms with Crippen LogP contribution in [0.5, 0.6) is 0 Å². The molecule has 0 bridgehead atoms. The van der Waals surface area contributed by atoms with Gasteiger partial charge in [-0.15, -0.1) is 0 Å². The third-order valence-electron chi connectivity index (χ3n) is 3.30. The van der Waals surface area contributed by atoms with E-state index in [9.17, 15) is 5.11 Å². The van der Waals surface area contributed by atoms with Crippen molar-refractivity contribution in [2.24, 2.45) is 0 Å². The molecule has 3 nitrogen and oxygen atoms in total. The lowest BCUT2D eigenvalue weighted by Gasteiger charge is -2.35. The molecule has 0 atom stereocenters. The summed E-state index contributed by atoms with van der Waals surface area (Å²) < 4.78 is 5.05. The summed E-state index contributed by atoms with van der Waals surface area (Å²) in [6.45, 7) is 15.0. The topological polar surface area (TPSA) is 53.3 Å². The summed E-state index contributed by atoms with van der Waals surface area (Å²) in [5.41, 5.74) is 1.77.